The summed E-state index contributed by atoms with van der Waals surface area (Å²) in [5, 5.41) is 73.8. The van der Waals surface area contributed by atoms with Crippen molar-refractivity contribution in [3.8, 4) is 0 Å². The molecule has 5 fully saturated rings. The van der Waals surface area contributed by atoms with Crippen LogP contribution in [0.3, 0.4) is 0 Å². The van der Waals surface area contributed by atoms with Gasteiger partial charge in [0.15, 0.2) is 18.9 Å². The molecule has 0 spiro atoms. The molecule has 0 aromatic rings. The first-order valence-electron chi connectivity index (χ1n) is 16.5. The van der Waals surface area contributed by atoms with Crippen molar-refractivity contribution in [1.82, 2.24) is 0 Å². The molecule has 2 saturated carbocycles. The second-order valence-electron chi connectivity index (χ2n) is 15.0. The van der Waals surface area contributed by atoms with Crippen molar-refractivity contribution < 1.29 is 69.0 Å². The minimum absolute atomic E-state index is 0.0519. The van der Waals surface area contributed by atoms with Crippen LogP contribution in [-0.2, 0) is 33.2 Å². The van der Waals surface area contributed by atoms with Crippen molar-refractivity contribution in [2.45, 2.75) is 140 Å². The van der Waals surface area contributed by atoms with Gasteiger partial charge in [-0.2, -0.15) is 0 Å². The molecule has 6 rings (SSSR count). The van der Waals surface area contributed by atoms with Gasteiger partial charge in [-0.05, 0) is 61.7 Å². The summed E-state index contributed by atoms with van der Waals surface area (Å²) in [7, 11) is 0. The molecule has 0 aromatic carbocycles. The Morgan fingerprint density at radius 2 is 1.61 bits per heavy atom. The molecule has 2 aliphatic carbocycles. The van der Waals surface area contributed by atoms with Crippen LogP contribution in [0.2, 0.25) is 0 Å². The maximum Gasteiger partial charge on any atom is 0.331 e. The summed E-state index contributed by atoms with van der Waals surface area (Å²) in [4.78, 5) is 11.8. The van der Waals surface area contributed by atoms with Crippen LogP contribution in [0.4, 0.5) is 0 Å². The monoisotopic (exact) mass is 658 g/mol. The average molecular weight is 659 g/mol. The van der Waals surface area contributed by atoms with Crippen molar-refractivity contribution >= 4 is 5.97 Å². The van der Waals surface area contributed by atoms with Crippen molar-refractivity contribution in [2.24, 2.45) is 28.6 Å². The standard InChI is InChI=1S/C32H50O14/c1-13-22(35)24(37)26(39)29(42-13)46-27-25(38)23(36)18(11-33)44-30(27)45-20-7-8-32(4)16-10-17(14-9-21(34)41-12-14)43-28(40)15(16)5-6-19(32)31(20,2)3/h9,13,15-20,22-30,33,35-40H,5-8,10-12H2,1-4H3/t13-,15-,16-,17-,18+,19-,20-,22-,23+,24+,25-,26+,27+,28+,29-,30-,32-/m0/s1. The molecule has 0 aromatic heterocycles. The van der Waals surface area contributed by atoms with Gasteiger partial charge in [0.1, 0.15) is 49.3 Å². The van der Waals surface area contributed by atoms with Crippen LogP contribution in [0, 0.1) is 28.6 Å². The van der Waals surface area contributed by atoms with E-state index in [-0.39, 0.29) is 29.8 Å². The highest BCUT2D eigenvalue weighted by Gasteiger charge is 2.62. The number of aliphatic hydroxyl groups is 7. The van der Waals surface area contributed by atoms with Crippen LogP contribution < -0.4 is 0 Å². The Balaban J connectivity index is 1.22. The molecule has 6 aliphatic rings. The number of rotatable bonds is 6. The number of aliphatic hydroxyl groups excluding tert-OH is 7. The molecule has 4 aliphatic heterocycles. The lowest BCUT2D eigenvalue weighted by atomic mass is 9.44. The van der Waals surface area contributed by atoms with Crippen LogP contribution >= 0.6 is 0 Å². The molecule has 0 amide bonds. The van der Waals surface area contributed by atoms with E-state index in [0.717, 1.165) is 24.8 Å². The van der Waals surface area contributed by atoms with E-state index in [0.29, 0.717) is 12.8 Å². The summed E-state index contributed by atoms with van der Waals surface area (Å²) in [5.74, 6) is -0.190. The molecule has 262 valence electrons. The predicted molar refractivity (Wildman–Crippen MR) is 155 cm³/mol. The Bertz CT molecular complexity index is 1150. The first-order valence-corrected chi connectivity index (χ1v) is 16.5. The van der Waals surface area contributed by atoms with Gasteiger partial charge in [-0.1, -0.05) is 20.8 Å². The van der Waals surface area contributed by atoms with Gasteiger partial charge in [0.05, 0.1) is 24.9 Å². The van der Waals surface area contributed by atoms with Crippen molar-refractivity contribution in [1.29, 1.82) is 0 Å². The van der Waals surface area contributed by atoms with E-state index < -0.39 is 97.9 Å². The van der Waals surface area contributed by atoms with Gasteiger partial charge in [-0.25, -0.2) is 4.79 Å². The third kappa shape index (κ3) is 5.86. The highest BCUT2D eigenvalue weighted by atomic mass is 16.8. The van der Waals surface area contributed by atoms with E-state index in [4.69, 9.17) is 28.4 Å². The highest BCUT2D eigenvalue weighted by Crippen LogP contribution is 2.64. The molecule has 17 atom stereocenters. The Morgan fingerprint density at radius 1 is 0.870 bits per heavy atom. The smallest absolute Gasteiger partial charge is 0.331 e. The maximum atomic E-state index is 11.8. The summed E-state index contributed by atoms with van der Waals surface area (Å²) < 4.78 is 35.2. The largest absolute Gasteiger partial charge is 0.458 e. The number of hydrogen-bond acceptors (Lipinski definition) is 14. The minimum Gasteiger partial charge on any atom is -0.458 e. The number of cyclic esters (lactones) is 1. The topological polar surface area (TPSA) is 214 Å². The molecule has 14 nitrogen and oxygen atoms in total. The minimum atomic E-state index is -1.66. The number of carbonyl (C=O) groups excluding carboxylic acids is 1. The van der Waals surface area contributed by atoms with Gasteiger partial charge in [0, 0.05) is 17.6 Å². The van der Waals surface area contributed by atoms with Crippen LogP contribution in [0.15, 0.2) is 11.6 Å². The van der Waals surface area contributed by atoms with Crippen molar-refractivity contribution in [3.63, 3.8) is 0 Å². The van der Waals surface area contributed by atoms with Crippen LogP contribution in [0.25, 0.3) is 0 Å². The summed E-state index contributed by atoms with van der Waals surface area (Å²) in [6, 6.07) is 0. The second kappa shape index (κ2) is 12.9. The zero-order valence-electron chi connectivity index (χ0n) is 26.8. The summed E-state index contributed by atoms with van der Waals surface area (Å²) >= 11 is 0. The average Bonchev–Trinajstić information content (AvgIpc) is 3.45. The molecular weight excluding hydrogens is 608 g/mol. The van der Waals surface area contributed by atoms with E-state index in [1.165, 1.54) is 13.0 Å². The number of esters is 1. The quantitative estimate of drug-likeness (QED) is 0.136. The lowest BCUT2D eigenvalue weighted by Gasteiger charge is -2.63. The molecule has 14 heteroatoms. The first kappa shape index (κ1) is 34.6. The van der Waals surface area contributed by atoms with Crippen molar-refractivity contribution in [2.75, 3.05) is 13.2 Å². The number of hydrogen-bond donors (Lipinski definition) is 7. The SMILES string of the molecule is C[C@@H]1O[C@@H](O[C@H]2[C@H](O[C@H]3CC[C@@]4(C)[C@H]5C[C@@H](C6=CC(=O)OC6)O[C@@H](O)[C@H]5CC[C@H]4C3(C)C)O[C@H](CO)[C@@H](O)[C@@H]2O)[C@H](O)[C@H](O)[C@H]1O. The zero-order chi connectivity index (χ0) is 33.3. The van der Waals surface area contributed by atoms with E-state index in [1.807, 2.05) is 0 Å². The fourth-order valence-electron chi connectivity index (χ4n) is 9.41. The number of carbonyl (C=O) groups is 1. The fourth-order valence-corrected chi connectivity index (χ4v) is 9.41. The van der Waals surface area contributed by atoms with Crippen LogP contribution in [0.5, 0.6) is 0 Å². The lowest BCUT2D eigenvalue weighted by molar-refractivity contribution is -0.376. The Labute approximate surface area is 268 Å². The van der Waals surface area contributed by atoms with Gasteiger partial charge >= 0.3 is 5.97 Å². The molecule has 3 saturated heterocycles. The molecule has 0 bridgehead atoms. The lowest BCUT2D eigenvalue weighted by Crippen LogP contribution is -2.65. The zero-order valence-corrected chi connectivity index (χ0v) is 26.8. The number of ether oxygens (including phenoxy) is 6. The summed E-state index contributed by atoms with van der Waals surface area (Å²) in [6.45, 7) is 7.59. The summed E-state index contributed by atoms with van der Waals surface area (Å²) in [5.41, 5.74) is 0.105. The third-order valence-corrected chi connectivity index (χ3v) is 12.1. The van der Waals surface area contributed by atoms with E-state index in [9.17, 15) is 40.5 Å². The Morgan fingerprint density at radius 3 is 2.28 bits per heavy atom. The Kier molecular flexibility index (Phi) is 9.69. The van der Waals surface area contributed by atoms with Gasteiger partial charge in [0.25, 0.3) is 0 Å². The molecule has 0 radical (unpaired) electrons. The van der Waals surface area contributed by atoms with E-state index in [2.05, 4.69) is 20.8 Å². The maximum absolute atomic E-state index is 11.8. The first-order chi connectivity index (χ1) is 21.7. The van der Waals surface area contributed by atoms with E-state index >= 15 is 0 Å². The van der Waals surface area contributed by atoms with Gasteiger partial charge in [0.2, 0.25) is 0 Å². The van der Waals surface area contributed by atoms with Gasteiger partial charge in [-0.15, -0.1) is 0 Å². The van der Waals surface area contributed by atoms with Crippen LogP contribution in [0.1, 0.15) is 59.8 Å². The van der Waals surface area contributed by atoms with Gasteiger partial charge < -0.3 is 64.2 Å². The molecule has 46 heavy (non-hydrogen) atoms. The summed E-state index contributed by atoms with van der Waals surface area (Å²) in [6.07, 6.45) is -10.7. The number of fused-ring (bicyclic) bond motifs is 3. The Hall–Kier alpha value is -1.27. The molecular formula is C32H50O14. The fraction of sp³-hybridized carbons (Fsp3) is 0.906. The molecule has 0 unspecified atom stereocenters. The molecule has 7 N–H and O–H groups in total. The van der Waals surface area contributed by atoms with Gasteiger partial charge in [-0.3, -0.25) is 0 Å². The third-order valence-electron chi connectivity index (χ3n) is 12.1. The van der Waals surface area contributed by atoms with E-state index in [1.54, 1.807) is 0 Å². The normalized spacial score (nSPS) is 52.3. The van der Waals surface area contributed by atoms with Crippen molar-refractivity contribution in [3.05, 3.63) is 11.6 Å². The second-order valence-corrected chi connectivity index (χ2v) is 15.0. The predicted octanol–water partition coefficient (Wildman–Crippen LogP) is -0.917. The molecule has 4 heterocycles. The van der Waals surface area contributed by atoms with Crippen LogP contribution in [-0.4, -0.2) is 135 Å². The highest BCUT2D eigenvalue weighted by molar-refractivity contribution is 5.85.